The summed E-state index contributed by atoms with van der Waals surface area (Å²) >= 11 is 0. The molecule has 0 atom stereocenters. The third kappa shape index (κ3) is 4.30. The maximum atomic E-state index is 12.7. The van der Waals surface area contributed by atoms with Crippen molar-refractivity contribution in [2.24, 2.45) is 0 Å². The number of fused-ring (bicyclic) bond motifs is 1. The molecule has 0 spiro atoms. The third-order valence-corrected chi connectivity index (χ3v) is 5.63. The van der Waals surface area contributed by atoms with Crippen molar-refractivity contribution >= 4 is 11.9 Å². The number of benzene rings is 2. The maximum Gasteiger partial charge on any atom is 0.251 e. The van der Waals surface area contributed by atoms with E-state index in [1.54, 1.807) is 6.07 Å². The summed E-state index contributed by atoms with van der Waals surface area (Å²) in [7, 11) is 0. The highest BCUT2D eigenvalue weighted by atomic mass is 16.7. The summed E-state index contributed by atoms with van der Waals surface area (Å²) in [6.45, 7) is 2.67. The molecule has 1 amide bonds. The number of piperidine rings is 1. The van der Waals surface area contributed by atoms with Gasteiger partial charge in [0, 0.05) is 43.2 Å². The zero-order valence-electron chi connectivity index (χ0n) is 17.2. The van der Waals surface area contributed by atoms with Crippen LogP contribution in [0.1, 0.15) is 35.2 Å². The van der Waals surface area contributed by atoms with Crippen molar-refractivity contribution < 1.29 is 14.3 Å². The first-order chi connectivity index (χ1) is 15.3. The Morgan fingerprint density at radius 3 is 2.58 bits per heavy atom. The smallest absolute Gasteiger partial charge is 0.251 e. The van der Waals surface area contributed by atoms with Crippen LogP contribution >= 0.6 is 0 Å². The molecule has 1 N–H and O–H groups in total. The van der Waals surface area contributed by atoms with Crippen LogP contribution in [0.3, 0.4) is 0 Å². The quantitative estimate of drug-likeness (QED) is 0.682. The SMILES string of the molecule is O=C(NCc1ccc2c(c1)OCO2)c1cccc(-c2cnc(N3CCCCC3)nc2)c1. The molecule has 158 valence electrons. The van der Waals surface area contributed by atoms with Gasteiger partial charge in [-0.15, -0.1) is 0 Å². The van der Waals surface area contributed by atoms with Gasteiger partial charge in [0.05, 0.1) is 0 Å². The highest BCUT2D eigenvalue weighted by Crippen LogP contribution is 2.32. The summed E-state index contributed by atoms with van der Waals surface area (Å²) in [6, 6.07) is 13.2. The molecule has 1 fully saturated rings. The Balaban J connectivity index is 1.25. The molecular weight excluding hydrogens is 392 g/mol. The number of carbonyl (C=O) groups excluding carboxylic acids is 1. The summed E-state index contributed by atoms with van der Waals surface area (Å²) in [5.74, 6) is 2.09. The molecule has 0 radical (unpaired) electrons. The average molecular weight is 416 g/mol. The van der Waals surface area contributed by atoms with Gasteiger partial charge in [-0.25, -0.2) is 9.97 Å². The number of rotatable bonds is 5. The topological polar surface area (TPSA) is 76.6 Å². The van der Waals surface area contributed by atoms with Gasteiger partial charge >= 0.3 is 0 Å². The van der Waals surface area contributed by atoms with E-state index in [1.807, 2.05) is 48.8 Å². The first-order valence-electron chi connectivity index (χ1n) is 10.6. The van der Waals surface area contributed by atoms with Gasteiger partial charge in [-0.2, -0.15) is 0 Å². The van der Waals surface area contributed by atoms with Crippen molar-refractivity contribution in [3.05, 3.63) is 66.0 Å². The molecule has 7 nitrogen and oxygen atoms in total. The van der Waals surface area contributed by atoms with Crippen LogP contribution in [0.15, 0.2) is 54.9 Å². The lowest BCUT2D eigenvalue weighted by Crippen LogP contribution is -2.30. The van der Waals surface area contributed by atoms with Crippen molar-refractivity contribution in [1.82, 2.24) is 15.3 Å². The fourth-order valence-electron chi connectivity index (χ4n) is 3.90. The van der Waals surface area contributed by atoms with E-state index in [2.05, 4.69) is 20.2 Å². The van der Waals surface area contributed by atoms with Crippen LogP contribution in [0.2, 0.25) is 0 Å². The van der Waals surface area contributed by atoms with E-state index in [1.165, 1.54) is 19.3 Å². The maximum absolute atomic E-state index is 12.7. The van der Waals surface area contributed by atoms with Crippen LogP contribution in [0.5, 0.6) is 11.5 Å². The molecule has 3 heterocycles. The van der Waals surface area contributed by atoms with E-state index >= 15 is 0 Å². The molecule has 7 heteroatoms. The lowest BCUT2D eigenvalue weighted by Gasteiger charge is -2.26. The number of hydrogen-bond acceptors (Lipinski definition) is 6. The fourth-order valence-corrected chi connectivity index (χ4v) is 3.90. The van der Waals surface area contributed by atoms with Crippen LogP contribution in [-0.4, -0.2) is 35.8 Å². The predicted molar refractivity (Wildman–Crippen MR) is 117 cm³/mol. The molecule has 1 aromatic heterocycles. The summed E-state index contributed by atoms with van der Waals surface area (Å²) in [6.07, 6.45) is 7.32. The Labute approximate surface area is 181 Å². The fraction of sp³-hybridized carbons (Fsp3) is 0.292. The first-order valence-corrected chi connectivity index (χ1v) is 10.6. The van der Waals surface area contributed by atoms with E-state index in [9.17, 15) is 4.79 Å². The van der Waals surface area contributed by atoms with Crippen LogP contribution in [0, 0.1) is 0 Å². The Hall–Kier alpha value is -3.61. The highest BCUT2D eigenvalue weighted by molar-refractivity contribution is 5.95. The lowest BCUT2D eigenvalue weighted by molar-refractivity contribution is 0.0951. The second-order valence-corrected chi connectivity index (χ2v) is 7.77. The summed E-state index contributed by atoms with van der Waals surface area (Å²) in [5, 5.41) is 2.96. The number of anilines is 1. The van der Waals surface area contributed by atoms with Crippen LogP contribution in [0.25, 0.3) is 11.1 Å². The van der Waals surface area contributed by atoms with Crippen molar-refractivity contribution in [3.63, 3.8) is 0 Å². The predicted octanol–water partition coefficient (Wildman–Crippen LogP) is 3.79. The Morgan fingerprint density at radius 1 is 0.935 bits per heavy atom. The summed E-state index contributed by atoms with van der Waals surface area (Å²) < 4.78 is 10.7. The molecule has 3 aromatic rings. The number of ether oxygens (including phenoxy) is 2. The van der Waals surface area contributed by atoms with Gasteiger partial charge in [-0.3, -0.25) is 4.79 Å². The van der Waals surface area contributed by atoms with Gasteiger partial charge in [-0.1, -0.05) is 18.2 Å². The molecular formula is C24H24N4O3. The Morgan fingerprint density at radius 2 is 1.74 bits per heavy atom. The van der Waals surface area contributed by atoms with Crippen LogP contribution < -0.4 is 19.7 Å². The number of nitrogens with one attached hydrogen (secondary N) is 1. The molecule has 0 aliphatic carbocycles. The van der Waals surface area contributed by atoms with Gasteiger partial charge in [0.2, 0.25) is 12.7 Å². The van der Waals surface area contributed by atoms with E-state index < -0.39 is 0 Å². The number of amides is 1. The van der Waals surface area contributed by atoms with Crippen LogP contribution in [0.4, 0.5) is 5.95 Å². The van der Waals surface area contributed by atoms with Gasteiger partial charge < -0.3 is 19.7 Å². The molecule has 31 heavy (non-hydrogen) atoms. The van der Waals surface area contributed by atoms with Gasteiger partial charge in [0.15, 0.2) is 11.5 Å². The second-order valence-electron chi connectivity index (χ2n) is 7.77. The molecule has 2 aliphatic rings. The van der Waals surface area contributed by atoms with E-state index in [0.717, 1.165) is 41.5 Å². The lowest BCUT2D eigenvalue weighted by atomic mass is 10.1. The third-order valence-electron chi connectivity index (χ3n) is 5.63. The molecule has 2 aliphatic heterocycles. The van der Waals surface area contributed by atoms with Gasteiger partial charge in [0.1, 0.15) is 0 Å². The van der Waals surface area contributed by atoms with Crippen molar-refractivity contribution in [2.45, 2.75) is 25.8 Å². The number of carbonyl (C=O) groups is 1. The molecule has 2 aromatic carbocycles. The molecule has 0 unspecified atom stereocenters. The minimum absolute atomic E-state index is 0.134. The normalized spacial score (nSPS) is 15.0. The first kappa shape index (κ1) is 19.4. The molecule has 1 saturated heterocycles. The number of aromatic nitrogens is 2. The summed E-state index contributed by atoms with van der Waals surface area (Å²) in [4.78, 5) is 24.0. The van der Waals surface area contributed by atoms with E-state index in [-0.39, 0.29) is 12.7 Å². The number of nitrogens with zero attached hydrogens (tertiary/aromatic N) is 3. The Kier molecular flexibility index (Phi) is 5.39. The zero-order chi connectivity index (χ0) is 21.0. The average Bonchev–Trinajstić information content (AvgIpc) is 3.31. The molecule has 5 rings (SSSR count). The second kappa shape index (κ2) is 8.63. The van der Waals surface area contributed by atoms with Crippen molar-refractivity contribution in [3.8, 4) is 22.6 Å². The van der Waals surface area contributed by atoms with E-state index in [0.29, 0.717) is 17.9 Å². The van der Waals surface area contributed by atoms with E-state index in [4.69, 9.17) is 9.47 Å². The van der Waals surface area contributed by atoms with Crippen molar-refractivity contribution in [2.75, 3.05) is 24.8 Å². The zero-order valence-corrected chi connectivity index (χ0v) is 17.2. The minimum atomic E-state index is -0.134. The molecule has 0 saturated carbocycles. The minimum Gasteiger partial charge on any atom is -0.454 e. The van der Waals surface area contributed by atoms with Gasteiger partial charge in [0.25, 0.3) is 5.91 Å². The monoisotopic (exact) mass is 416 g/mol. The molecule has 0 bridgehead atoms. The van der Waals surface area contributed by atoms with Crippen molar-refractivity contribution in [1.29, 1.82) is 0 Å². The number of hydrogen-bond donors (Lipinski definition) is 1. The highest BCUT2D eigenvalue weighted by Gasteiger charge is 2.15. The van der Waals surface area contributed by atoms with Crippen LogP contribution in [-0.2, 0) is 6.54 Å². The largest absolute Gasteiger partial charge is 0.454 e. The van der Waals surface area contributed by atoms with Gasteiger partial charge in [-0.05, 0) is 54.7 Å². The summed E-state index contributed by atoms with van der Waals surface area (Å²) in [5.41, 5.74) is 3.36. The Bertz CT molecular complexity index is 1080. The standard InChI is InChI=1S/C24H24N4O3/c29-23(25-13-17-7-8-21-22(11-17)31-16-30-21)19-6-4-5-18(12-19)20-14-26-24(27-15-20)28-9-2-1-3-10-28/h4-8,11-12,14-15H,1-3,9-10,13,16H2,(H,25,29).